The van der Waals surface area contributed by atoms with Gasteiger partial charge in [0.05, 0.1) is 29.7 Å². The van der Waals surface area contributed by atoms with Crippen LogP contribution in [0.5, 0.6) is 0 Å². The molecule has 4 aromatic rings. The van der Waals surface area contributed by atoms with Gasteiger partial charge in [-0.25, -0.2) is 33.1 Å². The van der Waals surface area contributed by atoms with Crippen molar-refractivity contribution in [3.05, 3.63) is 64.8 Å². The number of ether oxygens (including phenoxy) is 1. The van der Waals surface area contributed by atoms with Gasteiger partial charge >= 0.3 is 0 Å². The van der Waals surface area contributed by atoms with E-state index in [1.807, 2.05) is 24.0 Å². The number of aromatic nitrogens is 6. The summed E-state index contributed by atoms with van der Waals surface area (Å²) in [6.07, 6.45) is 7.26. The molecule has 1 aliphatic heterocycles. The molecule has 0 spiro atoms. The fourth-order valence-corrected chi connectivity index (χ4v) is 4.52. The average Bonchev–Trinajstić information content (AvgIpc) is 3.58. The van der Waals surface area contributed by atoms with E-state index in [1.165, 1.54) is 0 Å². The van der Waals surface area contributed by atoms with Crippen LogP contribution in [-0.4, -0.2) is 36.3 Å². The van der Waals surface area contributed by atoms with Gasteiger partial charge in [0.2, 0.25) is 0 Å². The summed E-state index contributed by atoms with van der Waals surface area (Å²) < 4.78 is 50.6. The van der Waals surface area contributed by atoms with Crippen molar-refractivity contribution < 1.29 is 17.9 Å². The molecule has 180 valence electrons. The van der Waals surface area contributed by atoms with Crippen LogP contribution in [-0.2, 0) is 4.74 Å². The van der Waals surface area contributed by atoms with Crippen molar-refractivity contribution in [1.82, 2.24) is 29.7 Å². The molecule has 7 nitrogen and oxygen atoms in total. The van der Waals surface area contributed by atoms with Gasteiger partial charge in [-0.15, -0.1) is 0 Å². The first-order valence-corrected chi connectivity index (χ1v) is 11.7. The molecule has 0 unspecified atom stereocenters. The molecule has 35 heavy (non-hydrogen) atoms. The van der Waals surface area contributed by atoms with Crippen molar-refractivity contribution in [1.29, 1.82) is 0 Å². The van der Waals surface area contributed by atoms with Crippen LogP contribution in [0.15, 0.2) is 24.5 Å². The number of hydrogen-bond acceptors (Lipinski definition) is 6. The molecule has 10 heteroatoms. The lowest BCUT2D eigenvalue weighted by Gasteiger charge is -2.28. The zero-order chi connectivity index (χ0) is 24.3. The minimum Gasteiger partial charge on any atom is -0.373 e. The van der Waals surface area contributed by atoms with Gasteiger partial charge < -0.3 is 4.74 Å². The van der Waals surface area contributed by atoms with Gasteiger partial charge in [0.25, 0.3) is 0 Å². The molecule has 2 atom stereocenters. The van der Waals surface area contributed by atoms with Crippen molar-refractivity contribution in [3.8, 4) is 11.3 Å². The Morgan fingerprint density at radius 1 is 0.914 bits per heavy atom. The lowest BCUT2D eigenvalue weighted by atomic mass is 9.92. The molecule has 1 saturated carbocycles. The van der Waals surface area contributed by atoms with Crippen LogP contribution < -0.4 is 0 Å². The van der Waals surface area contributed by atoms with Crippen molar-refractivity contribution >= 4 is 11.2 Å². The molecule has 0 radical (unpaired) electrons. The molecule has 1 aliphatic carbocycles. The second-order valence-electron chi connectivity index (χ2n) is 9.31. The Kier molecular flexibility index (Phi) is 5.28. The SMILES string of the molecule is Cc1nc2nc([C@H]3CCO[C@@H](c4cnn(C5CC5)c4)C3)nc(-c3cc(F)c(F)cc3F)c2nc1C. The van der Waals surface area contributed by atoms with Gasteiger partial charge in [-0.2, -0.15) is 5.10 Å². The van der Waals surface area contributed by atoms with E-state index >= 15 is 0 Å². The predicted molar refractivity (Wildman–Crippen MR) is 121 cm³/mol. The maximum atomic E-state index is 14.8. The lowest BCUT2D eigenvalue weighted by molar-refractivity contribution is 0.00396. The van der Waals surface area contributed by atoms with E-state index in [2.05, 4.69) is 25.0 Å². The average molecular weight is 480 g/mol. The predicted octanol–water partition coefficient (Wildman–Crippen LogP) is 5.29. The van der Waals surface area contributed by atoms with Gasteiger partial charge in [0.1, 0.15) is 22.9 Å². The largest absolute Gasteiger partial charge is 0.373 e. The van der Waals surface area contributed by atoms with Gasteiger partial charge in [0.15, 0.2) is 17.3 Å². The maximum absolute atomic E-state index is 14.8. The van der Waals surface area contributed by atoms with Gasteiger partial charge in [-0.3, -0.25) is 4.68 Å². The summed E-state index contributed by atoms with van der Waals surface area (Å²) in [5, 5.41) is 4.47. The number of benzene rings is 1. The lowest BCUT2D eigenvalue weighted by Crippen LogP contribution is -2.20. The molecule has 4 heterocycles. The maximum Gasteiger partial charge on any atom is 0.182 e. The zero-order valence-electron chi connectivity index (χ0n) is 19.3. The highest BCUT2D eigenvalue weighted by atomic mass is 19.2. The molecule has 6 rings (SSSR count). The van der Waals surface area contributed by atoms with Crippen molar-refractivity contribution in [2.24, 2.45) is 0 Å². The van der Waals surface area contributed by atoms with E-state index in [0.717, 1.165) is 24.5 Å². The van der Waals surface area contributed by atoms with Crippen LogP contribution in [0.1, 0.15) is 66.5 Å². The molecule has 0 amide bonds. The number of halogens is 3. The molecule has 0 N–H and O–H groups in total. The van der Waals surface area contributed by atoms with Gasteiger partial charge in [-0.1, -0.05) is 0 Å². The molecule has 0 bridgehead atoms. The third kappa shape index (κ3) is 4.05. The van der Waals surface area contributed by atoms with E-state index in [-0.39, 0.29) is 28.8 Å². The van der Waals surface area contributed by atoms with Crippen molar-refractivity contribution in [3.63, 3.8) is 0 Å². The third-order valence-electron chi connectivity index (χ3n) is 6.79. The van der Waals surface area contributed by atoms with E-state index < -0.39 is 17.5 Å². The van der Waals surface area contributed by atoms with E-state index in [9.17, 15) is 13.2 Å². The molecular weight excluding hydrogens is 457 g/mol. The summed E-state index contributed by atoms with van der Waals surface area (Å²) in [6.45, 7) is 4.08. The first-order valence-electron chi connectivity index (χ1n) is 11.7. The quantitative estimate of drug-likeness (QED) is 0.370. The molecule has 1 saturated heterocycles. The summed E-state index contributed by atoms with van der Waals surface area (Å²) >= 11 is 0. The highest BCUT2D eigenvalue weighted by Gasteiger charge is 2.31. The second-order valence-corrected chi connectivity index (χ2v) is 9.31. The summed E-state index contributed by atoms with van der Waals surface area (Å²) in [5.41, 5.74) is 2.76. The first-order chi connectivity index (χ1) is 16.9. The smallest absolute Gasteiger partial charge is 0.182 e. The third-order valence-corrected chi connectivity index (χ3v) is 6.79. The Hall–Kier alpha value is -3.40. The number of rotatable bonds is 4. The first kappa shape index (κ1) is 22.1. The van der Waals surface area contributed by atoms with Gasteiger partial charge in [-0.05, 0) is 45.6 Å². The number of fused-ring (bicyclic) bond motifs is 1. The van der Waals surface area contributed by atoms with Crippen LogP contribution in [0.3, 0.4) is 0 Å². The van der Waals surface area contributed by atoms with Gasteiger partial charge in [0, 0.05) is 35.9 Å². The number of aryl methyl sites for hydroxylation is 2. The number of hydrogen-bond donors (Lipinski definition) is 0. The highest BCUT2D eigenvalue weighted by Crippen LogP contribution is 2.40. The zero-order valence-corrected chi connectivity index (χ0v) is 19.3. The normalized spacial score (nSPS) is 20.5. The Balaban J connectivity index is 1.43. The summed E-state index contributed by atoms with van der Waals surface area (Å²) in [7, 11) is 0. The number of nitrogens with zero attached hydrogens (tertiary/aromatic N) is 6. The molecule has 2 aliphatic rings. The van der Waals surface area contributed by atoms with Crippen molar-refractivity contribution in [2.75, 3.05) is 6.61 Å². The molecule has 3 aromatic heterocycles. The fraction of sp³-hybridized carbons (Fsp3) is 0.400. The van der Waals surface area contributed by atoms with Crippen LogP contribution in [0, 0.1) is 31.3 Å². The summed E-state index contributed by atoms with van der Waals surface area (Å²) in [4.78, 5) is 18.4. The monoisotopic (exact) mass is 480 g/mol. The van der Waals surface area contributed by atoms with E-state index in [0.29, 0.717) is 54.4 Å². The Morgan fingerprint density at radius 3 is 2.49 bits per heavy atom. The fourth-order valence-electron chi connectivity index (χ4n) is 4.52. The summed E-state index contributed by atoms with van der Waals surface area (Å²) in [5.74, 6) is -2.99. The summed E-state index contributed by atoms with van der Waals surface area (Å²) in [6, 6.07) is 1.81. The van der Waals surface area contributed by atoms with Crippen molar-refractivity contribution in [2.45, 2.75) is 57.6 Å². The standard InChI is InChI=1S/C25H23F3N6O/c1-12-13(2)31-25-23(30-12)22(17-8-19(27)20(28)9-18(17)26)32-24(33-25)14-5-6-35-21(7-14)15-10-29-34(11-15)16-3-4-16/h8-11,14,16,21H,3-7H2,1-2H3/t14-,21+/m0/s1. The Bertz CT molecular complexity index is 1450. The van der Waals surface area contributed by atoms with Crippen LogP contribution in [0.2, 0.25) is 0 Å². The minimum atomic E-state index is -1.26. The Morgan fingerprint density at radius 2 is 1.69 bits per heavy atom. The van der Waals surface area contributed by atoms with E-state index in [4.69, 9.17) is 4.74 Å². The van der Waals surface area contributed by atoms with Crippen LogP contribution in [0.4, 0.5) is 13.2 Å². The Labute approximate surface area is 199 Å². The second kappa shape index (κ2) is 8.37. The molecule has 1 aromatic carbocycles. The van der Waals surface area contributed by atoms with Crippen LogP contribution in [0.25, 0.3) is 22.4 Å². The van der Waals surface area contributed by atoms with E-state index in [1.54, 1.807) is 6.92 Å². The van der Waals surface area contributed by atoms with Crippen LogP contribution >= 0.6 is 0 Å². The molecular formula is C25H23F3N6O. The highest BCUT2D eigenvalue weighted by molar-refractivity contribution is 5.87. The topological polar surface area (TPSA) is 78.6 Å². The minimum absolute atomic E-state index is 0.0987. The molecule has 2 fully saturated rings.